The smallest absolute Gasteiger partial charge is 0.285 e. The molecule has 0 saturated heterocycles. The molecule has 3 unspecified atom stereocenters. The molecule has 1 nitrogen and oxygen atoms in total. The van der Waals surface area contributed by atoms with Gasteiger partial charge in [0.25, 0.3) is 5.67 Å². The lowest BCUT2D eigenvalue weighted by Gasteiger charge is -2.45. The normalized spacial score (nSPS) is 23.4. The minimum atomic E-state index is -6.05. The lowest BCUT2D eigenvalue weighted by molar-refractivity contribution is -0.340. The van der Waals surface area contributed by atoms with Gasteiger partial charge in [0.05, 0.1) is 0 Å². The Balaban J connectivity index is 5.90. The fraction of sp³-hybridized carbons (Fsp3) is 1.00. The molecule has 116 valence electrons. The second-order valence-electron chi connectivity index (χ2n) is 4.48. The summed E-state index contributed by atoms with van der Waals surface area (Å²) in [5.74, 6) is -9.15. The molecule has 0 aromatic rings. The van der Waals surface area contributed by atoms with Crippen molar-refractivity contribution in [2.75, 3.05) is 7.05 Å². The van der Waals surface area contributed by atoms with Crippen molar-refractivity contribution in [3.8, 4) is 0 Å². The van der Waals surface area contributed by atoms with Crippen molar-refractivity contribution in [1.82, 2.24) is 5.32 Å². The van der Waals surface area contributed by atoms with Crippen molar-refractivity contribution in [1.29, 1.82) is 0 Å². The summed E-state index contributed by atoms with van der Waals surface area (Å²) in [6, 6.07) is 0. The Morgan fingerprint density at radius 1 is 0.789 bits per heavy atom. The van der Waals surface area contributed by atoms with Gasteiger partial charge in [-0.15, -0.1) is 0 Å². The van der Waals surface area contributed by atoms with Gasteiger partial charge in [-0.1, -0.05) is 6.92 Å². The Morgan fingerprint density at radius 3 is 1.37 bits per heavy atom. The molecule has 9 heteroatoms. The quantitative estimate of drug-likeness (QED) is 0.599. The average molecular weight is 301 g/mol. The molecule has 0 aromatic carbocycles. The number of alkyl halides is 8. The molecule has 0 aliphatic carbocycles. The second kappa shape index (κ2) is 4.75. The third-order valence-electron chi connectivity index (χ3n) is 3.34. The van der Waals surface area contributed by atoms with Gasteiger partial charge in [0.1, 0.15) is 0 Å². The number of rotatable bonds is 5. The van der Waals surface area contributed by atoms with Crippen LogP contribution in [0, 0.1) is 0 Å². The number of hydrogen-bond donors (Lipinski definition) is 1. The number of nitrogens with one attached hydrogen (secondary N) is 1. The average Bonchev–Trinajstić information content (AvgIpc) is 2.25. The maximum atomic E-state index is 14.0. The Hall–Kier alpha value is -0.600. The van der Waals surface area contributed by atoms with Crippen LogP contribution in [0.2, 0.25) is 0 Å². The predicted molar refractivity (Wildman–Crippen MR) is 53.2 cm³/mol. The van der Waals surface area contributed by atoms with Gasteiger partial charge in [-0.3, -0.25) is 5.32 Å². The fourth-order valence-corrected chi connectivity index (χ4v) is 1.61. The summed E-state index contributed by atoms with van der Waals surface area (Å²) in [6.45, 7) is 0.320. The summed E-state index contributed by atoms with van der Waals surface area (Å²) in [5.41, 5.74) is -9.63. The molecule has 0 bridgehead atoms. The molecular weight excluding hydrogens is 286 g/mol. The summed E-state index contributed by atoms with van der Waals surface area (Å²) in [5, 5.41) is 1.54. The van der Waals surface area contributed by atoms with Crippen LogP contribution in [0.4, 0.5) is 35.1 Å². The standard InChI is InChI=1S/C10H15F8N/c1-5-8(13,19-4)6(2,11)9(14,15)7(3,12)10(16,17)18/h19H,5H2,1-4H3. The summed E-state index contributed by atoms with van der Waals surface area (Å²) >= 11 is 0. The third kappa shape index (κ3) is 2.41. The van der Waals surface area contributed by atoms with E-state index < -0.39 is 42.6 Å². The van der Waals surface area contributed by atoms with Crippen LogP contribution >= 0.6 is 0 Å². The highest BCUT2D eigenvalue weighted by atomic mass is 19.4. The first-order valence-electron chi connectivity index (χ1n) is 5.32. The van der Waals surface area contributed by atoms with E-state index in [2.05, 4.69) is 0 Å². The van der Waals surface area contributed by atoms with Gasteiger partial charge in [0.15, 0.2) is 0 Å². The molecule has 0 aliphatic heterocycles. The van der Waals surface area contributed by atoms with Crippen molar-refractivity contribution in [2.45, 2.75) is 56.4 Å². The minimum absolute atomic E-state index is 0.101. The first-order valence-corrected chi connectivity index (χ1v) is 5.32. The first-order chi connectivity index (χ1) is 8.12. The van der Waals surface area contributed by atoms with Gasteiger partial charge >= 0.3 is 12.1 Å². The molecular formula is C10H15F8N. The van der Waals surface area contributed by atoms with Crippen molar-refractivity contribution in [3.63, 3.8) is 0 Å². The van der Waals surface area contributed by atoms with E-state index in [1.54, 1.807) is 5.32 Å². The van der Waals surface area contributed by atoms with Crippen LogP contribution in [-0.4, -0.2) is 36.3 Å². The van der Waals surface area contributed by atoms with Gasteiger partial charge in [0, 0.05) is 0 Å². The molecule has 0 aliphatic rings. The maximum Gasteiger partial charge on any atom is 0.428 e. The Bertz CT molecular complexity index is 316. The van der Waals surface area contributed by atoms with E-state index in [1.165, 1.54) is 0 Å². The zero-order valence-corrected chi connectivity index (χ0v) is 10.7. The van der Waals surface area contributed by atoms with E-state index in [1.807, 2.05) is 0 Å². The number of halogens is 8. The maximum absolute atomic E-state index is 14.0. The molecule has 0 spiro atoms. The zero-order chi connectivity index (χ0) is 15.9. The summed E-state index contributed by atoms with van der Waals surface area (Å²) in [6.07, 6.45) is -6.97. The summed E-state index contributed by atoms with van der Waals surface area (Å²) in [4.78, 5) is 0. The fourth-order valence-electron chi connectivity index (χ4n) is 1.61. The molecule has 0 rings (SSSR count). The van der Waals surface area contributed by atoms with E-state index in [-0.39, 0.29) is 6.92 Å². The lowest BCUT2D eigenvalue weighted by atomic mass is 9.79. The molecule has 0 heterocycles. The molecule has 0 radical (unpaired) electrons. The second-order valence-corrected chi connectivity index (χ2v) is 4.48. The summed E-state index contributed by atoms with van der Waals surface area (Å²) in [7, 11) is 0.751. The van der Waals surface area contributed by atoms with Gasteiger partial charge in [0.2, 0.25) is 11.5 Å². The number of hydrogen-bond acceptors (Lipinski definition) is 1. The first kappa shape index (κ1) is 18.4. The molecule has 0 aromatic heterocycles. The van der Waals surface area contributed by atoms with Crippen molar-refractivity contribution < 1.29 is 35.1 Å². The monoisotopic (exact) mass is 301 g/mol. The molecule has 0 fully saturated rings. The Labute approximate surface area is 105 Å². The van der Waals surface area contributed by atoms with E-state index in [9.17, 15) is 35.1 Å². The van der Waals surface area contributed by atoms with Gasteiger partial charge < -0.3 is 0 Å². The SMILES string of the molecule is CCC(F)(NC)C(C)(F)C(F)(F)C(C)(F)C(F)(F)F. The minimum Gasteiger partial charge on any atom is -0.285 e. The molecule has 0 saturated carbocycles. The highest BCUT2D eigenvalue weighted by molar-refractivity contribution is 5.13. The molecule has 3 atom stereocenters. The zero-order valence-electron chi connectivity index (χ0n) is 10.7. The molecule has 0 amide bonds. The largest absolute Gasteiger partial charge is 0.428 e. The summed E-state index contributed by atoms with van der Waals surface area (Å²) < 4.78 is 105. The van der Waals surface area contributed by atoms with E-state index in [0.717, 1.165) is 14.0 Å². The van der Waals surface area contributed by atoms with Crippen molar-refractivity contribution >= 4 is 0 Å². The third-order valence-corrected chi connectivity index (χ3v) is 3.34. The van der Waals surface area contributed by atoms with Crippen LogP contribution in [0.1, 0.15) is 27.2 Å². The molecule has 1 N–H and O–H groups in total. The van der Waals surface area contributed by atoms with Gasteiger partial charge in [-0.2, -0.15) is 22.0 Å². The van der Waals surface area contributed by atoms with Gasteiger partial charge in [-0.25, -0.2) is 13.2 Å². The highest BCUT2D eigenvalue weighted by Gasteiger charge is 2.79. The topological polar surface area (TPSA) is 12.0 Å². The van der Waals surface area contributed by atoms with E-state index in [0.29, 0.717) is 0 Å². The van der Waals surface area contributed by atoms with Crippen LogP contribution in [0.5, 0.6) is 0 Å². The van der Waals surface area contributed by atoms with Crippen LogP contribution in [0.15, 0.2) is 0 Å². The van der Waals surface area contributed by atoms with Crippen molar-refractivity contribution in [3.05, 3.63) is 0 Å². The van der Waals surface area contributed by atoms with Crippen LogP contribution < -0.4 is 5.32 Å². The van der Waals surface area contributed by atoms with E-state index >= 15 is 0 Å². The van der Waals surface area contributed by atoms with E-state index in [4.69, 9.17) is 0 Å². The lowest BCUT2D eigenvalue weighted by Crippen LogP contribution is -2.71. The van der Waals surface area contributed by atoms with Crippen LogP contribution in [0.25, 0.3) is 0 Å². The van der Waals surface area contributed by atoms with Crippen LogP contribution in [-0.2, 0) is 0 Å². The Morgan fingerprint density at radius 2 is 1.16 bits per heavy atom. The predicted octanol–water partition coefficient (Wildman–Crippen LogP) is 3.94. The highest BCUT2D eigenvalue weighted by Crippen LogP contribution is 2.55. The Kier molecular flexibility index (Phi) is 4.60. The van der Waals surface area contributed by atoms with Gasteiger partial charge in [-0.05, 0) is 27.3 Å². The van der Waals surface area contributed by atoms with Crippen molar-refractivity contribution in [2.24, 2.45) is 0 Å². The molecule has 19 heavy (non-hydrogen) atoms. The van der Waals surface area contributed by atoms with Crippen LogP contribution in [0.3, 0.4) is 0 Å².